The first kappa shape index (κ1) is 17.7. The number of hydrogen-bond donors (Lipinski definition) is 0. The Hall–Kier alpha value is -2.42. The van der Waals surface area contributed by atoms with Gasteiger partial charge in [-0.05, 0) is 48.9 Å². The number of rotatable bonds is 3. The van der Waals surface area contributed by atoms with Crippen molar-refractivity contribution in [3.8, 4) is 0 Å². The highest BCUT2D eigenvalue weighted by Gasteiger charge is 2.61. The van der Waals surface area contributed by atoms with Crippen LogP contribution in [0.4, 0.5) is 0 Å². The molecule has 0 radical (unpaired) electrons. The molecule has 2 aliphatic heterocycles. The molecule has 0 N–H and O–H groups in total. The maximum atomic E-state index is 6.41. The first-order valence-corrected chi connectivity index (χ1v) is 10.2. The first-order chi connectivity index (χ1) is 13.6. The van der Waals surface area contributed by atoms with Crippen LogP contribution in [0.5, 0.6) is 0 Å². The molecule has 2 heterocycles. The van der Waals surface area contributed by atoms with Gasteiger partial charge in [0.2, 0.25) is 0 Å². The second-order valence-electron chi connectivity index (χ2n) is 8.32. The zero-order chi connectivity index (χ0) is 19.4. The minimum Gasteiger partial charge on any atom is -0.219 e. The molecule has 0 aromatic heterocycles. The van der Waals surface area contributed by atoms with Gasteiger partial charge in [-0.25, -0.2) is 9.78 Å². The molecule has 6 rings (SSSR count). The van der Waals surface area contributed by atoms with E-state index in [1.807, 2.05) is 0 Å². The molecule has 1 aliphatic carbocycles. The third-order valence-electron chi connectivity index (χ3n) is 6.68. The molecule has 1 saturated heterocycles. The second kappa shape index (κ2) is 6.30. The Morgan fingerprint density at radius 3 is 1.93 bits per heavy atom. The maximum absolute atomic E-state index is 6.41. The quantitative estimate of drug-likeness (QED) is 0.512. The Morgan fingerprint density at radius 1 is 0.750 bits per heavy atom. The second-order valence-corrected chi connectivity index (χ2v) is 8.32. The molecule has 1 fully saturated rings. The Labute approximate surface area is 167 Å². The number of hydrogen-bond acceptors (Lipinski definition) is 2. The molecule has 1 unspecified atom stereocenters. The molecular weight excluding hydrogens is 344 g/mol. The molecule has 3 aromatic carbocycles. The van der Waals surface area contributed by atoms with Crippen molar-refractivity contribution in [2.45, 2.75) is 44.8 Å². The van der Waals surface area contributed by atoms with Crippen molar-refractivity contribution in [1.82, 2.24) is 0 Å². The van der Waals surface area contributed by atoms with Crippen LogP contribution in [0.25, 0.3) is 0 Å². The van der Waals surface area contributed by atoms with E-state index in [1.54, 1.807) is 0 Å². The molecule has 28 heavy (non-hydrogen) atoms. The highest BCUT2D eigenvalue weighted by molar-refractivity contribution is 5.53. The van der Waals surface area contributed by atoms with Crippen molar-refractivity contribution in [3.05, 3.63) is 106 Å². The minimum atomic E-state index is -0.550. The van der Waals surface area contributed by atoms with Crippen molar-refractivity contribution in [1.29, 1.82) is 0 Å². The Balaban J connectivity index is 1.77. The predicted octanol–water partition coefficient (Wildman–Crippen LogP) is 6.18. The fourth-order valence-electron chi connectivity index (χ4n) is 5.12. The van der Waals surface area contributed by atoms with Crippen molar-refractivity contribution in [2.24, 2.45) is 5.92 Å². The van der Waals surface area contributed by atoms with Crippen LogP contribution in [0.1, 0.15) is 53.1 Å². The SMILES string of the molecule is CCC1C[C@@]2(c3ccc(C)cc3)OO[C@]1(c1ccc(C)cc1)c1ccccc12. The summed E-state index contributed by atoms with van der Waals surface area (Å²) < 4.78 is 0. The molecule has 3 atom stereocenters. The van der Waals surface area contributed by atoms with Gasteiger partial charge in [0.05, 0.1) is 0 Å². The van der Waals surface area contributed by atoms with Gasteiger partial charge in [-0.3, -0.25) is 0 Å². The van der Waals surface area contributed by atoms with Gasteiger partial charge in [0, 0.05) is 5.92 Å². The van der Waals surface area contributed by atoms with Crippen molar-refractivity contribution in [3.63, 3.8) is 0 Å². The van der Waals surface area contributed by atoms with Crippen molar-refractivity contribution in [2.75, 3.05) is 0 Å². The lowest BCUT2D eigenvalue weighted by Gasteiger charge is -2.56. The zero-order valence-corrected chi connectivity index (χ0v) is 16.7. The highest BCUT2D eigenvalue weighted by Crippen LogP contribution is 2.61. The van der Waals surface area contributed by atoms with Crippen LogP contribution < -0.4 is 0 Å². The monoisotopic (exact) mass is 370 g/mol. The smallest absolute Gasteiger partial charge is 0.157 e. The fourth-order valence-corrected chi connectivity index (χ4v) is 5.12. The summed E-state index contributed by atoms with van der Waals surface area (Å²) in [6, 6.07) is 26.1. The Morgan fingerprint density at radius 2 is 1.32 bits per heavy atom. The summed E-state index contributed by atoms with van der Waals surface area (Å²) in [7, 11) is 0. The summed E-state index contributed by atoms with van der Waals surface area (Å²) in [5.41, 5.74) is 6.23. The van der Waals surface area contributed by atoms with Gasteiger partial charge in [0.1, 0.15) is 0 Å². The van der Waals surface area contributed by atoms with Gasteiger partial charge in [0.15, 0.2) is 11.2 Å². The van der Waals surface area contributed by atoms with Crippen molar-refractivity contribution < 1.29 is 9.78 Å². The van der Waals surface area contributed by atoms with E-state index < -0.39 is 11.2 Å². The van der Waals surface area contributed by atoms with Gasteiger partial charge < -0.3 is 0 Å². The number of aryl methyl sites for hydroxylation is 2. The van der Waals surface area contributed by atoms with E-state index in [0.717, 1.165) is 12.8 Å². The summed E-state index contributed by atoms with van der Waals surface area (Å²) in [4.78, 5) is 12.7. The molecule has 2 heteroatoms. The minimum absolute atomic E-state index is 0.333. The highest BCUT2D eigenvalue weighted by atomic mass is 17.2. The molecule has 142 valence electrons. The zero-order valence-electron chi connectivity index (χ0n) is 16.7. The fraction of sp³-hybridized carbons (Fsp3) is 0.308. The van der Waals surface area contributed by atoms with E-state index in [1.165, 1.54) is 33.4 Å². The Kier molecular flexibility index (Phi) is 3.97. The molecular formula is C26H26O2. The van der Waals surface area contributed by atoms with Crippen LogP contribution in [0.2, 0.25) is 0 Å². The normalized spacial score (nSPS) is 28.2. The van der Waals surface area contributed by atoms with E-state index in [-0.39, 0.29) is 0 Å². The van der Waals surface area contributed by atoms with Crippen LogP contribution in [-0.4, -0.2) is 0 Å². The Bertz CT molecular complexity index is 1010. The van der Waals surface area contributed by atoms with E-state index in [4.69, 9.17) is 9.78 Å². The largest absolute Gasteiger partial charge is 0.219 e. The van der Waals surface area contributed by atoms with E-state index in [2.05, 4.69) is 93.6 Å². The van der Waals surface area contributed by atoms with Crippen molar-refractivity contribution >= 4 is 0 Å². The van der Waals surface area contributed by atoms with Gasteiger partial charge in [0.25, 0.3) is 0 Å². The molecule has 3 aliphatic rings. The maximum Gasteiger partial charge on any atom is 0.157 e. The van der Waals surface area contributed by atoms with E-state index in [9.17, 15) is 0 Å². The summed E-state index contributed by atoms with van der Waals surface area (Å²) >= 11 is 0. The van der Waals surface area contributed by atoms with E-state index in [0.29, 0.717) is 5.92 Å². The molecule has 2 nitrogen and oxygen atoms in total. The lowest BCUT2D eigenvalue weighted by Crippen LogP contribution is -2.57. The first-order valence-electron chi connectivity index (χ1n) is 10.2. The van der Waals surface area contributed by atoms with Gasteiger partial charge in [-0.1, -0.05) is 90.8 Å². The van der Waals surface area contributed by atoms with Crippen LogP contribution >= 0.6 is 0 Å². The molecule has 0 saturated carbocycles. The topological polar surface area (TPSA) is 18.5 Å². The molecule has 3 aromatic rings. The van der Waals surface area contributed by atoms with Crippen LogP contribution in [-0.2, 0) is 21.0 Å². The van der Waals surface area contributed by atoms with Gasteiger partial charge >= 0.3 is 0 Å². The molecule has 2 bridgehead atoms. The van der Waals surface area contributed by atoms with Gasteiger partial charge in [-0.15, -0.1) is 0 Å². The number of fused-ring (bicyclic) bond motifs is 2. The average molecular weight is 370 g/mol. The van der Waals surface area contributed by atoms with Crippen LogP contribution in [0.3, 0.4) is 0 Å². The third-order valence-corrected chi connectivity index (χ3v) is 6.68. The standard InChI is InChI=1S/C26H26O2/c1-4-20-17-25(21-13-9-18(2)10-14-21)23-7-5-6-8-24(23)26(20,28-27-25)22-15-11-19(3)12-16-22/h5-16,20H,4,17H2,1-3H3/t20?,25-,26+/m0/s1. The van der Waals surface area contributed by atoms with Gasteiger partial charge in [-0.2, -0.15) is 0 Å². The average Bonchev–Trinajstić information content (AvgIpc) is 2.75. The summed E-state index contributed by atoms with van der Waals surface area (Å²) in [5, 5.41) is 0. The predicted molar refractivity (Wildman–Crippen MR) is 111 cm³/mol. The summed E-state index contributed by atoms with van der Waals surface area (Å²) in [6.45, 7) is 6.50. The van der Waals surface area contributed by atoms with Crippen LogP contribution in [0, 0.1) is 19.8 Å². The molecule has 0 spiro atoms. The number of benzene rings is 3. The lowest BCUT2D eigenvalue weighted by atomic mass is 9.60. The molecule has 0 amide bonds. The van der Waals surface area contributed by atoms with E-state index >= 15 is 0 Å². The lowest BCUT2D eigenvalue weighted by molar-refractivity contribution is -0.458. The summed E-state index contributed by atoms with van der Waals surface area (Å²) in [6.07, 6.45) is 1.94. The van der Waals surface area contributed by atoms with Crippen LogP contribution in [0.15, 0.2) is 72.8 Å². The third kappa shape index (κ3) is 2.28. The summed E-state index contributed by atoms with van der Waals surface area (Å²) in [5.74, 6) is 0.333.